The molecule has 2 aliphatic rings. The highest BCUT2D eigenvalue weighted by atomic mass is 32.1. The number of methoxy groups -OCH3 is 2. The number of imidazole rings is 2. The van der Waals surface area contributed by atoms with Crippen LogP contribution in [0, 0.1) is 0 Å². The number of aromatic amines is 2. The summed E-state index contributed by atoms with van der Waals surface area (Å²) in [6.45, 7) is 2.78. The number of nitrogens with zero attached hydrogens (tertiary/aromatic N) is 5. The molecule has 3 aromatic heterocycles. The van der Waals surface area contributed by atoms with Crippen LogP contribution in [-0.2, 0) is 30.2 Å². The molecule has 5 atom stereocenters. The van der Waals surface area contributed by atoms with Crippen LogP contribution in [-0.4, -0.2) is 104 Å². The highest BCUT2D eigenvalue weighted by Gasteiger charge is 2.39. The minimum Gasteiger partial charge on any atom is -0.453 e. The molecule has 2 fully saturated rings. The van der Waals surface area contributed by atoms with Gasteiger partial charge in [-0.2, -0.15) is 0 Å². The molecule has 0 radical (unpaired) electrons. The summed E-state index contributed by atoms with van der Waals surface area (Å²) < 4.78 is 15.4. The van der Waals surface area contributed by atoms with E-state index < -0.39 is 30.4 Å². The Labute approximate surface area is 333 Å². The maximum atomic E-state index is 13.6. The average Bonchev–Trinajstić information content (AvgIpc) is 4.08. The van der Waals surface area contributed by atoms with Gasteiger partial charge in [-0.3, -0.25) is 9.59 Å². The number of aromatic nitrogens is 5. The van der Waals surface area contributed by atoms with Gasteiger partial charge in [0.05, 0.1) is 60.3 Å². The summed E-state index contributed by atoms with van der Waals surface area (Å²) in [6.07, 6.45) is 3.41. The van der Waals surface area contributed by atoms with Gasteiger partial charge in [0.25, 0.3) is 5.91 Å². The van der Waals surface area contributed by atoms with Crippen molar-refractivity contribution in [1.82, 2.24) is 40.0 Å². The number of thiazole rings is 1. The molecule has 5 heterocycles. The Balaban J connectivity index is 0.999. The summed E-state index contributed by atoms with van der Waals surface area (Å²) in [7, 11) is 2.75. The molecule has 1 unspecified atom stereocenters. The summed E-state index contributed by atoms with van der Waals surface area (Å²) in [5, 5.41) is 4.43. The third-order valence-electron chi connectivity index (χ3n) is 10.6. The van der Waals surface area contributed by atoms with Gasteiger partial charge in [-0.1, -0.05) is 48.5 Å². The van der Waals surface area contributed by atoms with E-state index in [1.165, 1.54) is 25.6 Å². The molecule has 4 amide bonds. The lowest BCUT2D eigenvalue weighted by molar-refractivity contribution is -0.141. The molecule has 0 spiro atoms. The molecular formula is C40H45N9O7S. The first-order valence-corrected chi connectivity index (χ1v) is 19.7. The number of alkyl carbamates (subject to hydrolysis) is 1. The number of nitrogens with two attached hydrogens (primary N) is 1. The van der Waals surface area contributed by atoms with Gasteiger partial charge >= 0.3 is 12.2 Å². The molecule has 0 bridgehead atoms. The lowest BCUT2D eigenvalue weighted by atomic mass is 10.0. The molecule has 2 saturated heterocycles. The highest BCUT2D eigenvalue weighted by Crippen LogP contribution is 2.35. The average molecular weight is 796 g/mol. The topological polar surface area (TPSA) is 211 Å². The van der Waals surface area contributed by atoms with E-state index in [4.69, 9.17) is 19.9 Å². The van der Waals surface area contributed by atoms with Gasteiger partial charge in [-0.05, 0) is 54.9 Å². The number of hydrogen-bond donors (Lipinski definition) is 4. The molecule has 0 aliphatic carbocycles. The van der Waals surface area contributed by atoms with Crippen molar-refractivity contribution < 1.29 is 33.4 Å². The van der Waals surface area contributed by atoms with Crippen molar-refractivity contribution in [3.05, 3.63) is 89.2 Å². The molecule has 2 aliphatic heterocycles. The zero-order chi connectivity index (χ0) is 40.1. The fourth-order valence-corrected chi connectivity index (χ4v) is 8.10. The zero-order valence-electron chi connectivity index (χ0n) is 31.8. The summed E-state index contributed by atoms with van der Waals surface area (Å²) >= 11 is 1.40. The number of carbonyl (C=O) groups is 4. The van der Waals surface area contributed by atoms with E-state index in [2.05, 4.69) is 42.4 Å². The Hall–Kier alpha value is -6.07. The van der Waals surface area contributed by atoms with Crippen LogP contribution in [0.3, 0.4) is 0 Å². The standard InChI is InChI=1S/C40H45N9O7S/c1-23(54-2)34(47-40(53)55-3)38(51)49-17-5-7-32(49)36-43-20-30(46-36)27-14-10-25(11-15-27)24-8-12-26(13-9-24)29-19-42-35(45-29)31-6-4-16-48(31)37(50)33(56-39(41)52)18-28-21-57-22-44-28/h8-15,19-23,31-34H,4-7,16-18H2,1-3H3,(H2,41,52)(H,42,45)(H,43,46)(H,47,53)/t23-,31+,32?,33+,34+/m1/s1. The van der Waals surface area contributed by atoms with Gasteiger partial charge in [-0.15, -0.1) is 11.3 Å². The van der Waals surface area contributed by atoms with Gasteiger partial charge in [0, 0.05) is 32.0 Å². The van der Waals surface area contributed by atoms with Crippen molar-refractivity contribution in [2.45, 2.75) is 69.4 Å². The van der Waals surface area contributed by atoms with E-state index in [0.29, 0.717) is 30.4 Å². The Morgan fingerprint density at radius 3 is 1.82 bits per heavy atom. The first-order chi connectivity index (χ1) is 27.6. The predicted octanol–water partition coefficient (Wildman–Crippen LogP) is 5.38. The minimum absolute atomic E-state index is 0.148. The molecule has 5 N–H and O–H groups in total. The predicted molar refractivity (Wildman–Crippen MR) is 210 cm³/mol. The van der Waals surface area contributed by atoms with E-state index in [1.807, 2.05) is 41.8 Å². The van der Waals surface area contributed by atoms with E-state index in [1.54, 1.807) is 34.6 Å². The van der Waals surface area contributed by atoms with Crippen LogP contribution in [0.5, 0.6) is 0 Å². The third kappa shape index (κ3) is 8.68. The van der Waals surface area contributed by atoms with Crippen LogP contribution in [0.25, 0.3) is 33.6 Å². The van der Waals surface area contributed by atoms with Crippen LogP contribution in [0.2, 0.25) is 0 Å². The molecule has 298 valence electrons. The molecule has 16 nitrogen and oxygen atoms in total. The number of amides is 4. The summed E-state index contributed by atoms with van der Waals surface area (Å²) in [5.74, 6) is 0.767. The lowest BCUT2D eigenvalue weighted by Crippen LogP contribution is -2.54. The second kappa shape index (κ2) is 17.4. The number of nitrogens with one attached hydrogen (secondary N) is 3. The van der Waals surface area contributed by atoms with Crippen molar-refractivity contribution in [3.8, 4) is 33.6 Å². The quantitative estimate of drug-likeness (QED) is 0.119. The summed E-state index contributed by atoms with van der Waals surface area (Å²) in [4.78, 5) is 74.7. The smallest absolute Gasteiger partial charge is 0.407 e. The maximum absolute atomic E-state index is 13.6. The minimum atomic E-state index is -1.07. The van der Waals surface area contributed by atoms with Crippen LogP contribution in [0.15, 0.2) is 71.8 Å². The van der Waals surface area contributed by atoms with Crippen molar-refractivity contribution in [3.63, 3.8) is 0 Å². The van der Waals surface area contributed by atoms with Crippen LogP contribution in [0.4, 0.5) is 9.59 Å². The van der Waals surface area contributed by atoms with Crippen molar-refractivity contribution >= 4 is 35.3 Å². The van der Waals surface area contributed by atoms with E-state index in [-0.39, 0.29) is 30.3 Å². The molecule has 17 heteroatoms. The number of ether oxygens (including phenoxy) is 3. The monoisotopic (exact) mass is 795 g/mol. The maximum Gasteiger partial charge on any atom is 0.407 e. The molecular weight excluding hydrogens is 751 g/mol. The lowest BCUT2D eigenvalue weighted by Gasteiger charge is -2.30. The number of hydrogen-bond acceptors (Lipinski definition) is 11. The second-order valence-electron chi connectivity index (χ2n) is 14.1. The van der Waals surface area contributed by atoms with E-state index >= 15 is 0 Å². The van der Waals surface area contributed by atoms with Crippen LogP contribution in [0.1, 0.15) is 62.0 Å². The van der Waals surface area contributed by atoms with Crippen LogP contribution >= 0.6 is 11.3 Å². The number of carbonyl (C=O) groups excluding carboxylic acids is 4. The molecule has 2 aromatic carbocycles. The SMILES string of the molecule is COC(=O)N[C@H](C(=O)N1CCCC1c1ncc(-c2ccc(-c3ccc(-c4cnc([C@@H]5CCCN5C(=O)[C@H](Cc5cscn5)OC(N)=O)[nH]4)cc3)cc2)[nH]1)[C@@H](C)OC. The first kappa shape index (κ1) is 39.2. The van der Waals surface area contributed by atoms with Gasteiger partial charge in [-0.25, -0.2) is 24.5 Å². The van der Waals surface area contributed by atoms with Crippen molar-refractivity contribution in [2.24, 2.45) is 5.73 Å². The molecule has 5 aromatic rings. The second-order valence-corrected chi connectivity index (χ2v) is 14.8. The molecule has 7 rings (SSSR count). The Kier molecular flexibility index (Phi) is 11.9. The summed E-state index contributed by atoms with van der Waals surface area (Å²) in [6, 6.07) is 14.8. The van der Waals surface area contributed by atoms with Gasteiger partial charge < -0.3 is 45.0 Å². The highest BCUT2D eigenvalue weighted by molar-refractivity contribution is 7.07. The number of primary amides is 1. The first-order valence-electron chi connectivity index (χ1n) is 18.8. The van der Waals surface area contributed by atoms with E-state index in [9.17, 15) is 19.2 Å². The number of H-pyrrole nitrogens is 2. The van der Waals surface area contributed by atoms with E-state index in [0.717, 1.165) is 59.3 Å². The van der Waals surface area contributed by atoms with Gasteiger partial charge in [0.15, 0.2) is 6.10 Å². The number of rotatable bonds is 13. The van der Waals surface area contributed by atoms with Gasteiger partial charge in [0.1, 0.15) is 17.7 Å². The molecule has 57 heavy (non-hydrogen) atoms. The Morgan fingerprint density at radius 2 is 1.35 bits per heavy atom. The largest absolute Gasteiger partial charge is 0.453 e. The fourth-order valence-electron chi connectivity index (χ4n) is 7.53. The molecule has 0 saturated carbocycles. The van der Waals surface area contributed by atoms with Crippen molar-refractivity contribution in [2.75, 3.05) is 27.3 Å². The zero-order valence-corrected chi connectivity index (χ0v) is 32.7. The van der Waals surface area contributed by atoms with Crippen LogP contribution < -0.4 is 11.1 Å². The number of likely N-dealkylation sites (tertiary alicyclic amines) is 2. The third-order valence-corrected chi connectivity index (χ3v) is 11.2. The van der Waals surface area contributed by atoms with Crippen molar-refractivity contribution in [1.29, 1.82) is 0 Å². The number of benzene rings is 2. The summed E-state index contributed by atoms with van der Waals surface area (Å²) in [5.41, 5.74) is 13.2. The Morgan fingerprint density at radius 1 is 0.825 bits per heavy atom. The fraction of sp³-hybridized carbons (Fsp3) is 0.375. The normalized spacial score (nSPS) is 18.2. The Bertz CT molecular complexity index is 2170. The van der Waals surface area contributed by atoms with Gasteiger partial charge in [0.2, 0.25) is 5.91 Å².